The molecule has 0 bridgehead atoms. The van der Waals surface area contributed by atoms with Crippen molar-refractivity contribution in [2.24, 2.45) is 0 Å². The van der Waals surface area contributed by atoms with Gasteiger partial charge < -0.3 is 18.4 Å². The van der Waals surface area contributed by atoms with Crippen LogP contribution in [-0.4, -0.2) is 31.3 Å². The second kappa shape index (κ2) is 5.78. The maximum atomic E-state index is 5.38. The molecule has 1 aliphatic heterocycles. The smallest absolute Gasteiger partial charge is 0.237 e. The van der Waals surface area contributed by atoms with Gasteiger partial charge in [0.15, 0.2) is 17.1 Å². The second-order valence-electron chi connectivity index (χ2n) is 5.26. The van der Waals surface area contributed by atoms with Gasteiger partial charge in [-0.25, -0.2) is 9.97 Å². The number of rotatable bonds is 4. The van der Waals surface area contributed by atoms with Gasteiger partial charge >= 0.3 is 0 Å². The molecule has 0 fully saturated rings. The Morgan fingerprint density at radius 3 is 2.92 bits per heavy atom. The van der Waals surface area contributed by atoms with Gasteiger partial charge in [0.1, 0.15) is 5.03 Å². The molecular weight excluding hydrogens is 342 g/mol. The predicted octanol–water partition coefficient (Wildman–Crippen LogP) is 2.80. The number of nitrogens with zero attached hydrogens (tertiary/aromatic N) is 5. The monoisotopic (exact) mass is 353 g/mol. The zero-order chi connectivity index (χ0) is 16.6. The number of ether oxygens (including phenoxy) is 2. The van der Waals surface area contributed by atoms with E-state index in [0.717, 1.165) is 22.0 Å². The van der Waals surface area contributed by atoms with Gasteiger partial charge in [-0.15, -0.1) is 0 Å². The fourth-order valence-corrected chi connectivity index (χ4v) is 3.33. The number of hydrogen-bond donors (Lipinski definition) is 0. The fourth-order valence-electron chi connectivity index (χ4n) is 2.53. The van der Waals surface area contributed by atoms with Crippen molar-refractivity contribution in [1.29, 1.82) is 0 Å². The Labute approximate surface area is 145 Å². The summed E-state index contributed by atoms with van der Waals surface area (Å²) in [5.74, 6) is 2.96. The van der Waals surface area contributed by atoms with Gasteiger partial charge in [-0.3, -0.25) is 0 Å². The molecule has 0 saturated carbocycles. The van der Waals surface area contributed by atoms with Crippen molar-refractivity contribution >= 4 is 17.4 Å². The van der Waals surface area contributed by atoms with Crippen LogP contribution in [0.4, 0.5) is 0 Å². The van der Waals surface area contributed by atoms with Crippen LogP contribution in [0.3, 0.4) is 0 Å². The molecule has 4 heterocycles. The van der Waals surface area contributed by atoms with Gasteiger partial charge in [0.25, 0.3) is 0 Å². The first kappa shape index (κ1) is 14.3. The third kappa shape index (κ3) is 2.58. The van der Waals surface area contributed by atoms with Crippen LogP contribution in [0.5, 0.6) is 11.5 Å². The maximum Gasteiger partial charge on any atom is 0.237 e. The lowest BCUT2D eigenvalue weighted by molar-refractivity contribution is 0.174. The molecule has 3 aromatic heterocycles. The Morgan fingerprint density at radius 2 is 1.96 bits per heavy atom. The van der Waals surface area contributed by atoms with E-state index in [2.05, 4.69) is 20.1 Å². The first-order valence-electron chi connectivity index (χ1n) is 7.50. The summed E-state index contributed by atoms with van der Waals surface area (Å²) >= 11 is 1.50. The number of aromatic nitrogens is 5. The summed E-state index contributed by atoms with van der Waals surface area (Å²) in [5.41, 5.74) is 1.63. The van der Waals surface area contributed by atoms with Crippen molar-refractivity contribution in [3.05, 3.63) is 48.9 Å². The van der Waals surface area contributed by atoms with E-state index in [9.17, 15) is 0 Å². The lowest BCUT2D eigenvalue weighted by Gasteiger charge is -1.99. The molecule has 1 aromatic carbocycles. The molecule has 4 aromatic rings. The van der Waals surface area contributed by atoms with E-state index in [1.54, 1.807) is 12.4 Å². The highest BCUT2D eigenvalue weighted by molar-refractivity contribution is 7.98. The Balaban J connectivity index is 1.35. The highest BCUT2D eigenvalue weighted by Gasteiger charge is 2.17. The van der Waals surface area contributed by atoms with E-state index in [4.69, 9.17) is 14.0 Å². The molecule has 25 heavy (non-hydrogen) atoms. The SMILES string of the molecule is c1cn2ccnc2c(SCc2nc(-c3ccc4c(c3)OCO4)no2)n1. The summed E-state index contributed by atoms with van der Waals surface area (Å²) in [6.07, 6.45) is 7.22. The van der Waals surface area contributed by atoms with Gasteiger partial charge in [-0.2, -0.15) is 4.98 Å². The van der Waals surface area contributed by atoms with Crippen LogP contribution < -0.4 is 9.47 Å². The summed E-state index contributed by atoms with van der Waals surface area (Å²) < 4.78 is 17.9. The minimum atomic E-state index is 0.235. The zero-order valence-electron chi connectivity index (χ0n) is 12.8. The van der Waals surface area contributed by atoms with E-state index >= 15 is 0 Å². The van der Waals surface area contributed by atoms with Crippen molar-refractivity contribution < 1.29 is 14.0 Å². The van der Waals surface area contributed by atoms with Gasteiger partial charge in [-0.05, 0) is 18.2 Å². The Hall–Kier alpha value is -3.07. The average molecular weight is 353 g/mol. The minimum Gasteiger partial charge on any atom is -0.454 e. The second-order valence-corrected chi connectivity index (χ2v) is 6.22. The van der Waals surface area contributed by atoms with Gasteiger partial charge in [0.05, 0.1) is 5.75 Å². The van der Waals surface area contributed by atoms with Crippen molar-refractivity contribution in [3.63, 3.8) is 0 Å². The van der Waals surface area contributed by atoms with Gasteiger partial charge in [0, 0.05) is 30.4 Å². The van der Waals surface area contributed by atoms with Crippen LogP contribution in [0.25, 0.3) is 17.0 Å². The van der Waals surface area contributed by atoms with Crippen LogP contribution in [0.2, 0.25) is 0 Å². The van der Waals surface area contributed by atoms with Crippen molar-refractivity contribution in [2.75, 3.05) is 6.79 Å². The molecule has 124 valence electrons. The van der Waals surface area contributed by atoms with E-state index in [0.29, 0.717) is 23.2 Å². The molecule has 9 heteroatoms. The molecule has 5 rings (SSSR count). The number of benzene rings is 1. The molecule has 0 radical (unpaired) electrons. The standard InChI is InChI=1S/C16H11N5O3S/c1-2-11-12(23-9-22-11)7-10(1)14-19-13(24-20-14)8-25-16-15-17-3-5-21(15)6-4-18-16/h1-7H,8-9H2. The molecule has 0 spiro atoms. The molecule has 0 saturated heterocycles. The third-order valence-corrected chi connectivity index (χ3v) is 4.66. The molecule has 0 unspecified atom stereocenters. The number of hydrogen-bond acceptors (Lipinski definition) is 8. The van der Waals surface area contributed by atoms with Crippen LogP contribution in [-0.2, 0) is 5.75 Å². The lowest BCUT2D eigenvalue weighted by atomic mass is 10.2. The summed E-state index contributed by atoms with van der Waals surface area (Å²) in [6, 6.07) is 5.56. The normalized spacial score (nSPS) is 12.8. The number of thioether (sulfide) groups is 1. The van der Waals surface area contributed by atoms with Crippen molar-refractivity contribution in [1.82, 2.24) is 24.5 Å². The molecular formula is C16H11N5O3S. The Bertz CT molecular complexity index is 1060. The summed E-state index contributed by atoms with van der Waals surface area (Å²) in [7, 11) is 0. The van der Waals surface area contributed by atoms with Gasteiger partial charge in [-0.1, -0.05) is 16.9 Å². The Kier molecular flexibility index (Phi) is 3.30. The van der Waals surface area contributed by atoms with E-state index in [1.165, 1.54) is 11.8 Å². The number of imidazole rings is 1. The van der Waals surface area contributed by atoms with E-state index in [1.807, 2.05) is 35.0 Å². The molecule has 0 atom stereocenters. The highest BCUT2D eigenvalue weighted by atomic mass is 32.2. The number of fused-ring (bicyclic) bond motifs is 2. The minimum absolute atomic E-state index is 0.235. The summed E-state index contributed by atoms with van der Waals surface area (Å²) in [4.78, 5) is 13.1. The van der Waals surface area contributed by atoms with Crippen molar-refractivity contribution in [3.8, 4) is 22.9 Å². The van der Waals surface area contributed by atoms with Crippen molar-refractivity contribution in [2.45, 2.75) is 10.8 Å². The molecule has 1 aliphatic rings. The first-order valence-corrected chi connectivity index (χ1v) is 8.48. The van der Waals surface area contributed by atoms with Crippen LogP contribution in [0.1, 0.15) is 5.89 Å². The molecule has 0 aliphatic carbocycles. The maximum absolute atomic E-state index is 5.38. The van der Waals surface area contributed by atoms with Gasteiger partial charge in [0.2, 0.25) is 18.5 Å². The van der Waals surface area contributed by atoms with Crippen LogP contribution in [0, 0.1) is 0 Å². The predicted molar refractivity (Wildman–Crippen MR) is 88.4 cm³/mol. The van der Waals surface area contributed by atoms with Crippen LogP contribution >= 0.6 is 11.8 Å². The molecule has 0 N–H and O–H groups in total. The first-order chi connectivity index (χ1) is 12.4. The fraction of sp³-hybridized carbons (Fsp3) is 0.125. The third-order valence-electron chi connectivity index (χ3n) is 3.71. The summed E-state index contributed by atoms with van der Waals surface area (Å²) in [5, 5.41) is 4.85. The topological polar surface area (TPSA) is 87.6 Å². The summed E-state index contributed by atoms with van der Waals surface area (Å²) in [6.45, 7) is 0.235. The Morgan fingerprint density at radius 1 is 1.08 bits per heavy atom. The average Bonchev–Trinajstić information content (AvgIpc) is 3.38. The van der Waals surface area contributed by atoms with Crippen LogP contribution in [0.15, 0.2) is 52.5 Å². The zero-order valence-corrected chi connectivity index (χ0v) is 13.6. The molecule has 8 nitrogen and oxygen atoms in total. The highest BCUT2D eigenvalue weighted by Crippen LogP contribution is 2.35. The molecule has 0 amide bonds. The largest absolute Gasteiger partial charge is 0.454 e. The van der Waals surface area contributed by atoms with E-state index < -0.39 is 0 Å². The quantitative estimate of drug-likeness (QED) is 0.518. The lowest BCUT2D eigenvalue weighted by Crippen LogP contribution is -1.92. The van der Waals surface area contributed by atoms with E-state index in [-0.39, 0.29) is 6.79 Å².